The van der Waals surface area contributed by atoms with Crippen molar-refractivity contribution in [3.05, 3.63) is 52.6 Å². The summed E-state index contributed by atoms with van der Waals surface area (Å²) in [6.07, 6.45) is 1.81. The van der Waals surface area contributed by atoms with Gasteiger partial charge in [0.05, 0.1) is 17.7 Å². The van der Waals surface area contributed by atoms with Crippen molar-refractivity contribution >= 4 is 28.9 Å². The van der Waals surface area contributed by atoms with E-state index in [1.165, 1.54) is 25.3 Å². The zero-order valence-electron chi connectivity index (χ0n) is 15.1. The number of methoxy groups -OCH3 is 1. The molecular weight excluding hydrogens is 366 g/mol. The maximum Gasteiger partial charge on any atom is 0.271 e. The van der Waals surface area contributed by atoms with E-state index in [0.717, 1.165) is 12.8 Å². The molecule has 9 nitrogen and oxygen atoms in total. The van der Waals surface area contributed by atoms with Crippen molar-refractivity contribution in [2.45, 2.75) is 12.8 Å². The zero-order valence-corrected chi connectivity index (χ0v) is 15.1. The summed E-state index contributed by atoms with van der Waals surface area (Å²) < 4.78 is 10.6. The maximum absolute atomic E-state index is 12.2. The summed E-state index contributed by atoms with van der Waals surface area (Å²) in [6, 6.07) is 10.6. The molecule has 1 aliphatic rings. The molecule has 2 N–H and O–H groups in total. The lowest BCUT2D eigenvalue weighted by Crippen LogP contribution is -2.20. The molecule has 0 spiro atoms. The van der Waals surface area contributed by atoms with Gasteiger partial charge in [-0.2, -0.15) is 0 Å². The average molecular weight is 385 g/mol. The summed E-state index contributed by atoms with van der Waals surface area (Å²) in [5, 5.41) is 16.2. The van der Waals surface area contributed by atoms with E-state index in [1.807, 2.05) is 0 Å². The van der Waals surface area contributed by atoms with Crippen molar-refractivity contribution in [3.8, 4) is 11.5 Å². The highest BCUT2D eigenvalue weighted by Gasteiger charge is 2.29. The molecule has 0 aromatic heterocycles. The van der Waals surface area contributed by atoms with Gasteiger partial charge < -0.3 is 20.1 Å². The number of nitro groups is 1. The Balaban J connectivity index is 1.59. The number of nitro benzene ring substituents is 1. The molecule has 2 amide bonds. The Morgan fingerprint density at radius 2 is 1.96 bits per heavy atom. The molecular formula is C19H19N3O6. The lowest BCUT2D eigenvalue weighted by molar-refractivity contribution is -0.384. The first kappa shape index (κ1) is 19.2. The van der Waals surface area contributed by atoms with E-state index in [2.05, 4.69) is 10.6 Å². The number of hydrogen-bond acceptors (Lipinski definition) is 6. The minimum absolute atomic E-state index is 0.0207. The summed E-state index contributed by atoms with van der Waals surface area (Å²) in [5.41, 5.74) is 0.599. The first-order valence-corrected chi connectivity index (χ1v) is 8.62. The van der Waals surface area contributed by atoms with Crippen molar-refractivity contribution in [1.29, 1.82) is 0 Å². The number of nitrogens with one attached hydrogen (secondary N) is 2. The van der Waals surface area contributed by atoms with Gasteiger partial charge in [0, 0.05) is 29.8 Å². The van der Waals surface area contributed by atoms with Crippen molar-refractivity contribution < 1.29 is 24.0 Å². The van der Waals surface area contributed by atoms with Crippen LogP contribution in [0.25, 0.3) is 0 Å². The van der Waals surface area contributed by atoms with Crippen molar-refractivity contribution in [3.63, 3.8) is 0 Å². The maximum atomic E-state index is 12.2. The number of hydrogen-bond donors (Lipinski definition) is 2. The fourth-order valence-electron chi connectivity index (χ4n) is 2.50. The average Bonchev–Trinajstić information content (AvgIpc) is 3.52. The van der Waals surface area contributed by atoms with E-state index in [4.69, 9.17) is 9.47 Å². The van der Waals surface area contributed by atoms with Gasteiger partial charge in [0.2, 0.25) is 5.91 Å². The summed E-state index contributed by atoms with van der Waals surface area (Å²) in [6.45, 7) is -0.314. The number of carbonyl (C=O) groups is 2. The molecule has 0 saturated heterocycles. The van der Waals surface area contributed by atoms with Crippen molar-refractivity contribution in [2.24, 2.45) is 5.92 Å². The highest BCUT2D eigenvalue weighted by Crippen LogP contribution is 2.31. The Bertz CT molecular complexity index is 910. The highest BCUT2D eigenvalue weighted by molar-refractivity contribution is 5.95. The molecule has 1 aliphatic carbocycles. The fourth-order valence-corrected chi connectivity index (χ4v) is 2.50. The molecule has 1 saturated carbocycles. The Hall–Kier alpha value is -3.62. The van der Waals surface area contributed by atoms with Crippen LogP contribution in [0.3, 0.4) is 0 Å². The van der Waals surface area contributed by atoms with Crippen LogP contribution in [0, 0.1) is 16.0 Å². The minimum atomic E-state index is -0.562. The topological polar surface area (TPSA) is 120 Å². The van der Waals surface area contributed by atoms with E-state index in [0.29, 0.717) is 17.2 Å². The van der Waals surface area contributed by atoms with Gasteiger partial charge in [-0.15, -0.1) is 0 Å². The predicted octanol–water partition coefficient (Wildman–Crippen LogP) is 2.97. The SMILES string of the molecule is COc1ccc([N+](=O)[O-])cc1NC(=O)COc1cccc(NC(=O)C2CC2)c1. The van der Waals surface area contributed by atoms with E-state index >= 15 is 0 Å². The molecule has 0 heterocycles. The summed E-state index contributed by atoms with van der Waals surface area (Å²) >= 11 is 0. The Morgan fingerprint density at radius 1 is 1.18 bits per heavy atom. The molecule has 2 aromatic carbocycles. The van der Waals surface area contributed by atoms with Gasteiger partial charge in [0.1, 0.15) is 11.5 Å². The zero-order chi connectivity index (χ0) is 20.1. The quantitative estimate of drug-likeness (QED) is 0.532. The number of ether oxygens (including phenoxy) is 2. The predicted molar refractivity (Wildman–Crippen MR) is 102 cm³/mol. The van der Waals surface area contributed by atoms with Crippen LogP contribution in [0.5, 0.6) is 11.5 Å². The van der Waals surface area contributed by atoms with Gasteiger partial charge in [-0.25, -0.2) is 0 Å². The third kappa shape index (κ3) is 4.97. The van der Waals surface area contributed by atoms with E-state index in [-0.39, 0.29) is 29.8 Å². The van der Waals surface area contributed by atoms with Crippen LogP contribution in [0.4, 0.5) is 17.1 Å². The number of benzene rings is 2. The first-order chi connectivity index (χ1) is 13.5. The molecule has 2 aromatic rings. The normalized spacial score (nSPS) is 12.8. The van der Waals surface area contributed by atoms with Crippen molar-refractivity contribution in [1.82, 2.24) is 0 Å². The number of non-ortho nitro benzene ring substituents is 1. The molecule has 0 radical (unpaired) electrons. The molecule has 0 atom stereocenters. The lowest BCUT2D eigenvalue weighted by Gasteiger charge is -2.11. The van der Waals surface area contributed by atoms with Crippen LogP contribution in [0.15, 0.2) is 42.5 Å². The first-order valence-electron chi connectivity index (χ1n) is 8.62. The largest absolute Gasteiger partial charge is 0.495 e. The van der Waals surface area contributed by atoms with Gasteiger partial charge in [-0.1, -0.05) is 6.07 Å². The minimum Gasteiger partial charge on any atom is -0.495 e. The molecule has 0 aliphatic heterocycles. The van der Waals surface area contributed by atoms with Crippen LogP contribution in [-0.4, -0.2) is 30.5 Å². The van der Waals surface area contributed by atoms with Crippen LogP contribution in [0.2, 0.25) is 0 Å². The van der Waals surface area contributed by atoms with Gasteiger partial charge in [0.15, 0.2) is 6.61 Å². The Morgan fingerprint density at radius 3 is 2.64 bits per heavy atom. The van der Waals surface area contributed by atoms with Crippen LogP contribution in [-0.2, 0) is 9.59 Å². The molecule has 28 heavy (non-hydrogen) atoms. The molecule has 0 bridgehead atoms. The van der Waals surface area contributed by atoms with Crippen molar-refractivity contribution in [2.75, 3.05) is 24.4 Å². The monoisotopic (exact) mass is 385 g/mol. The Kier molecular flexibility index (Phi) is 5.73. The van der Waals surface area contributed by atoms with Gasteiger partial charge in [0.25, 0.3) is 11.6 Å². The third-order valence-electron chi connectivity index (χ3n) is 4.09. The van der Waals surface area contributed by atoms with Gasteiger partial charge in [-0.05, 0) is 31.0 Å². The van der Waals surface area contributed by atoms with Crippen LogP contribution in [0.1, 0.15) is 12.8 Å². The van der Waals surface area contributed by atoms with Gasteiger partial charge in [-0.3, -0.25) is 19.7 Å². The van der Waals surface area contributed by atoms with Crippen LogP contribution >= 0.6 is 0 Å². The molecule has 9 heteroatoms. The number of carbonyl (C=O) groups excluding carboxylic acids is 2. The second-order valence-electron chi connectivity index (χ2n) is 6.27. The van der Waals surface area contributed by atoms with E-state index < -0.39 is 10.8 Å². The molecule has 1 fully saturated rings. The molecule has 3 rings (SSSR count). The number of nitrogens with zero attached hydrogens (tertiary/aromatic N) is 1. The Labute approximate surface area is 160 Å². The van der Waals surface area contributed by atoms with Crippen LogP contribution < -0.4 is 20.1 Å². The van der Waals surface area contributed by atoms with E-state index in [9.17, 15) is 19.7 Å². The molecule has 0 unspecified atom stereocenters. The highest BCUT2D eigenvalue weighted by atomic mass is 16.6. The summed E-state index contributed by atoms with van der Waals surface area (Å²) in [5.74, 6) is 0.262. The number of rotatable bonds is 8. The fraction of sp³-hybridized carbons (Fsp3) is 0.263. The smallest absolute Gasteiger partial charge is 0.271 e. The lowest BCUT2D eigenvalue weighted by atomic mass is 10.2. The second-order valence-corrected chi connectivity index (χ2v) is 6.27. The van der Waals surface area contributed by atoms with E-state index in [1.54, 1.807) is 24.3 Å². The summed E-state index contributed by atoms with van der Waals surface area (Å²) in [7, 11) is 1.40. The third-order valence-corrected chi connectivity index (χ3v) is 4.09. The molecule has 146 valence electrons. The second kappa shape index (κ2) is 8.38. The number of anilines is 2. The number of amides is 2. The standard InChI is InChI=1S/C19H19N3O6/c1-27-17-8-7-14(22(25)26)10-16(17)21-18(23)11-28-15-4-2-3-13(9-15)20-19(24)12-5-6-12/h2-4,7-10,12H,5-6,11H2,1H3,(H,20,24)(H,21,23). The summed E-state index contributed by atoms with van der Waals surface area (Å²) in [4.78, 5) is 34.3. The van der Waals surface area contributed by atoms with Gasteiger partial charge >= 0.3 is 0 Å².